The maximum atomic E-state index is 4.04. The summed E-state index contributed by atoms with van der Waals surface area (Å²) in [7, 11) is 0. The molecule has 0 aromatic carbocycles. The van der Waals surface area contributed by atoms with E-state index in [1.165, 1.54) is 22.3 Å². The van der Waals surface area contributed by atoms with Crippen LogP contribution in [0, 0.1) is 5.92 Å². The van der Waals surface area contributed by atoms with Crippen molar-refractivity contribution < 1.29 is 0 Å². The first-order valence-electron chi connectivity index (χ1n) is 5.59. The van der Waals surface area contributed by atoms with Gasteiger partial charge in [-0.3, -0.25) is 0 Å². The topological polar surface area (TPSA) is 0 Å². The quantitative estimate of drug-likeness (QED) is 0.619. The van der Waals surface area contributed by atoms with Crippen LogP contribution in [0.5, 0.6) is 0 Å². The van der Waals surface area contributed by atoms with Crippen LogP contribution in [-0.2, 0) is 0 Å². The smallest absolute Gasteiger partial charge is 0.00856 e. The summed E-state index contributed by atoms with van der Waals surface area (Å²) in [4.78, 5) is 0. The van der Waals surface area contributed by atoms with Crippen LogP contribution in [0.1, 0.15) is 27.2 Å². The predicted molar refractivity (Wildman–Crippen MR) is 66.6 cm³/mol. The van der Waals surface area contributed by atoms with Crippen molar-refractivity contribution in [2.75, 3.05) is 0 Å². The van der Waals surface area contributed by atoms with Gasteiger partial charge in [-0.15, -0.1) is 0 Å². The fourth-order valence-electron chi connectivity index (χ4n) is 2.26. The van der Waals surface area contributed by atoms with E-state index in [1.807, 2.05) is 0 Å². The third kappa shape index (κ3) is 1.77. The molecule has 0 unspecified atom stereocenters. The van der Waals surface area contributed by atoms with E-state index in [4.69, 9.17) is 0 Å². The van der Waals surface area contributed by atoms with Gasteiger partial charge in [0.25, 0.3) is 0 Å². The zero-order valence-corrected chi connectivity index (χ0v) is 9.80. The van der Waals surface area contributed by atoms with Gasteiger partial charge in [0, 0.05) is 0 Å². The van der Waals surface area contributed by atoms with E-state index in [0.29, 0.717) is 5.92 Å². The molecule has 0 heterocycles. The van der Waals surface area contributed by atoms with Gasteiger partial charge in [-0.05, 0) is 53.2 Å². The monoisotopic (exact) mass is 198 g/mol. The summed E-state index contributed by atoms with van der Waals surface area (Å²) < 4.78 is 0. The fourth-order valence-corrected chi connectivity index (χ4v) is 2.26. The lowest BCUT2D eigenvalue weighted by Gasteiger charge is -2.14. The van der Waals surface area contributed by atoms with Crippen LogP contribution in [0.3, 0.4) is 0 Å². The summed E-state index contributed by atoms with van der Waals surface area (Å²) in [5, 5.41) is 0. The van der Waals surface area contributed by atoms with Gasteiger partial charge >= 0.3 is 0 Å². The molecule has 0 atom stereocenters. The molecule has 0 heteroatoms. The van der Waals surface area contributed by atoms with E-state index < -0.39 is 0 Å². The molecule has 0 amide bonds. The standard InChI is InChI=1S/C15H18/c1-10(2)14-8-11(3)9-15(14)13-7-5-6-12(13)4/h5-6,8-10H,3,7H2,1-2,4H3. The highest BCUT2D eigenvalue weighted by molar-refractivity contribution is 5.63. The Kier molecular flexibility index (Phi) is 2.52. The van der Waals surface area contributed by atoms with E-state index in [2.05, 4.69) is 51.7 Å². The predicted octanol–water partition coefficient (Wildman–Crippen LogP) is 4.34. The van der Waals surface area contributed by atoms with Gasteiger partial charge in [0.15, 0.2) is 0 Å². The molecule has 78 valence electrons. The molecule has 0 radical (unpaired) electrons. The van der Waals surface area contributed by atoms with E-state index in [9.17, 15) is 0 Å². The van der Waals surface area contributed by atoms with E-state index >= 15 is 0 Å². The lowest BCUT2D eigenvalue weighted by atomic mass is 9.91. The zero-order valence-electron chi connectivity index (χ0n) is 9.80. The van der Waals surface area contributed by atoms with Gasteiger partial charge in [-0.2, -0.15) is 0 Å². The first-order chi connectivity index (χ1) is 7.09. The van der Waals surface area contributed by atoms with Crippen molar-refractivity contribution in [3.05, 3.63) is 58.7 Å². The molecular weight excluding hydrogens is 180 g/mol. The van der Waals surface area contributed by atoms with Gasteiger partial charge in [0.2, 0.25) is 0 Å². The molecular formula is C15H18. The Morgan fingerprint density at radius 3 is 2.53 bits per heavy atom. The third-order valence-electron chi connectivity index (χ3n) is 3.09. The van der Waals surface area contributed by atoms with Gasteiger partial charge < -0.3 is 0 Å². The number of rotatable bonds is 2. The van der Waals surface area contributed by atoms with Crippen LogP contribution in [-0.4, -0.2) is 0 Å². The summed E-state index contributed by atoms with van der Waals surface area (Å²) in [6.45, 7) is 10.7. The molecule has 0 saturated carbocycles. The molecule has 15 heavy (non-hydrogen) atoms. The molecule has 2 rings (SSSR count). The van der Waals surface area contributed by atoms with Crippen molar-refractivity contribution >= 4 is 0 Å². The van der Waals surface area contributed by atoms with Crippen LogP contribution in [0.4, 0.5) is 0 Å². The number of hydrogen-bond donors (Lipinski definition) is 0. The van der Waals surface area contributed by atoms with E-state index in [-0.39, 0.29) is 0 Å². The molecule has 0 bridgehead atoms. The molecule has 0 N–H and O–H groups in total. The average Bonchev–Trinajstić information content (AvgIpc) is 2.71. The van der Waals surface area contributed by atoms with Gasteiger partial charge in [-0.1, -0.05) is 38.7 Å². The minimum Gasteiger partial charge on any atom is -0.0917 e. The first kappa shape index (κ1) is 10.2. The van der Waals surface area contributed by atoms with Crippen LogP contribution in [0.2, 0.25) is 0 Å². The second kappa shape index (κ2) is 3.69. The second-order valence-electron chi connectivity index (χ2n) is 4.66. The molecule has 0 aromatic heterocycles. The van der Waals surface area contributed by atoms with Crippen molar-refractivity contribution in [3.63, 3.8) is 0 Å². The average molecular weight is 198 g/mol. The largest absolute Gasteiger partial charge is 0.0917 e. The summed E-state index contributed by atoms with van der Waals surface area (Å²) in [6, 6.07) is 0. The Balaban J connectivity index is 2.39. The molecule has 0 spiro atoms. The van der Waals surface area contributed by atoms with Gasteiger partial charge in [0.1, 0.15) is 0 Å². The summed E-state index contributed by atoms with van der Waals surface area (Å²) in [6.07, 6.45) is 9.98. The Labute approximate surface area is 92.4 Å². The minimum atomic E-state index is 0.580. The van der Waals surface area contributed by atoms with Crippen LogP contribution < -0.4 is 0 Å². The normalized spacial score (nSPS) is 20.4. The van der Waals surface area contributed by atoms with Gasteiger partial charge in [0.05, 0.1) is 0 Å². The molecule has 0 fully saturated rings. The molecule has 0 aromatic rings. The number of allylic oxidation sites excluding steroid dienone is 9. The molecule has 0 saturated heterocycles. The van der Waals surface area contributed by atoms with Crippen molar-refractivity contribution in [2.24, 2.45) is 5.92 Å². The third-order valence-corrected chi connectivity index (χ3v) is 3.09. The molecule has 0 nitrogen and oxygen atoms in total. The van der Waals surface area contributed by atoms with Crippen molar-refractivity contribution in [1.29, 1.82) is 0 Å². The van der Waals surface area contributed by atoms with E-state index in [1.54, 1.807) is 0 Å². The molecule has 2 aliphatic rings. The maximum Gasteiger partial charge on any atom is -0.00856 e. The minimum absolute atomic E-state index is 0.580. The van der Waals surface area contributed by atoms with Crippen molar-refractivity contribution in [2.45, 2.75) is 27.2 Å². The van der Waals surface area contributed by atoms with E-state index in [0.717, 1.165) is 12.0 Å². The Bertz CT molecular complexity index is 423. The highest BCUT2D eigenvalue weighted by Crippen LogP contribution is 2.38. The highest BCUT2D eigenvalue weighted by atomic mass is 14.2. The Morgan fingerprint density at radius 1 is 1.27 bits per heavy atom. The van der Waals surface area contributed by atoms with Crippen LogP contribution in [0.25, 0.3) is 0 Å². The Morgan fingerprint density at radius 2 is 2.00 bits per heavy atom. The first-order valence-corrected chi connectivity index (χ1v) is 5.59. The zero-order chi connectivity index (χ0) is 11.0. The number of hydrogen-bond acceptors (Lipinski definition) is 0. The lowest BCUT2D eigenvalue weighted by Crippen LogP contribution is -1.98. The maximum absolute atomic E-state index is 4.04. The summed E-state index contributed by atoms with van der Waals surface area (Å²) in [5.74, 6) is 0.580. The second-order valence-corrected chi connectivity index (χ2v) is 4.66. The summed E-state index contributed by atoms with van der Waals surface area (Å²) in [5.41, 5.74) is 6.88. The van der Waals surface area contributed by atoms with Gasteiger partial charge in [-0.25, -0.2) is 0 Å². The Hall–Kier alpha value is -1.30. The molecule has 2 aliphatic carbocycles. The van der Waals surface area contributed by atoms with Crippen molar-refractivity contribution in [1.82, 2.24) is 0 Å². The summed E-state index contributed by atoms with van der Waals surface area (Å²) >= 11 is 0. The SMILES string of the molecule is C=C1C=C(C2=C(C)C=CC2)C(C(C)C)=C1. The van der Waals surface area contributed by atoms with Crippen LogP contribution >= 0.6 is 0 Å². The highest BCUT2D eigenvalue weighted by Gasteiger charge is 2.20. The van der Waals surface area contributed by atoms with Crippen molar-refractivity contribution in [3.8, 4) is 0 Å². The fraction of sp³-hybridized carbons (Fsp3) is 0.333. The lowest BCUT2D eigenvalue weighted by molar-refractivity contribution is 0.781. The molecule has 0 aliphatic heterocycles. The van der Waals surface area contributed by atoms with Crippen LogP contribution in [0.15, 0.2) is 58.7 Å².